The van der Waals surface area contributed by atoms with Crippen molar-refractivity contribution < 1.29 is 14.8 Å². The Bertz CT molecular complexity index is 554. The van der Waals surface area contributed by atoms with Gasteiger partial charge in [0.1, 0.15) is 5.75 Å². The Morgan fingerprint density at radius 3 is 2.50 bits per heavy atom. The Kier molecular flexibility index (Phi) is 3.54. The van der Waals surface area contributed by atoms with E-state index in [0.717, 1.165) is 0 Å². The molecule has 2 rings (SSSR count). The summed E-state index contributed by atoms with van der Waals surface area (Å²) in [5, 5.41) is 19.9. The van der Waals surface area contributed by atoms with Crippen LogP contribution in [0.1, 0.15) is 5.56 Å². The second-order valence-corrected chi connectivity index (χ2v) is 3.63. The number of nitrogens with zero attached hydrogens (tertiary/aromatic N) is 1. The van der Waals surface area contributed by atoms with Crippen LogP contribution in [0, 0.1) is 10.1 Å². The number of nitro benzene ring substituents is 1. The predicted octanol–water partition coefficient (Wildman–Crippen LogP) is 2.88. The molecule has 0 atom stereocenters. The number of aliphatic hydroxyl groups is 1. The molecule has 0 amide bonds. The van der Waals surface area contributed by atoms with Crippen molar-refractivity contribution in [2.75, 3.05) is 0 Å². The third-order valence-electron chi connectivity index (χ3n) is 2.37. The number of hydrogen-bond acceptors (Lipinski definition) is 4. The highest BCUT2D eigenvalue weighted by atomic mass is 16.6. The van der Waals surface area contributed by atoms with E-state index in [4.69, 9.17) is 9.84 Å². The summed E-state index contributed by atoms with van der Waals surface area (Å²) in [6.07, 6.45) is 0. The van der Waals surface area contributed by atoms with Crippen LogP contribution in [-0.4, -0.2) is 10.0 Å². The first-order chi connectivity index (χ1) is 8.70. The molecule has 0 aliphatic carbocycles. The number of benzene rings is 2. The van der Waals surface area contributed by atoms with Gasteiger partial charge in [0, 0.05) is 6.07 Å². The number of rotatable bonds is 4. The fraction of sp³-hybridized carbons (Fsp3) is 0.0769. The van der Waals surface area contributed by atoms with Gasteiger partial charge in [0.25, 0.3) is 0 Å². The molecule has 0 aliphatic rings. The summed E-state index contributed by atoms with van der Waals surface area (Å²) >= 11 is 0. The van der Waals surface area contributed by atoms with Crippen molar-refractivity contribution in [1.29, 1.82) is 0 Å². The zero-order valence-corrected chi connectivity index (χ0v) is 9.45. The van der Waals surface area contributed by atoms with Gasteiger partial charge in [-0.3, -0.25) is 10.1 Å². The summed E-state index contributed by atoms with van der Waals surface area (Å²) in [6, 6.07) is 13.1. The van der Waals surface area contributed by atoms with E-state index in [1.807, 2.05) is 6.07 Å². The summed E-state index contributed by atoms with van der Waals surface area (Å²) < 4.78 is 5.46. The smallest absolute Gasteiger partial charge is 0.311 e. The van der Waals surface area contributed by atoms with Gasteiger partial charge in [0.05, 0.1) is 11.5 Å². The summed E-state index contributed by atoms with van der Waals surface area (Å²) in [7, 11) is 0. The number of nitro groups is 1. The van der Waals surface area contributed by atoms with E-state index in [1.165, 1.54) is 18.2 Å². The van der Waals surface area contributed by atoms with Gasteiger partial charge in [-0.1, -0.05) is 18.2 Å². The van der Waals surface area contributed by atoms with E-state index in [-0.39, 0.29) is 18.0 Å². The lowest BCUT2D eigenvalue weighted by Gasteiger charge is -2.07. The van der Waals surface area contributed by atoms with Gasteiger partial charge in [0.2, 0.25) is 5.75 Å². The molecule has 0 bridgehead atoms. The SMILES string of the molecule is O=[N+]([O-])c1ccc(CO)cc1Oc1ccccc1. The van der Waals surface area contributed by atoms with Gasteiger partial charge in [-0.25, -0.2) is 0 Å². The minimum Gasteiger partial charge on any atom is -0.450 e. The van der Waals surface area contributed by atoms with Gasteiger partial charge in [0.15, 0.2) is 0 Å². The highest BCUT2D eigenvalue weighted by molar-refractivity contribution is 5.50. The number of para-hydroxylation sites is 1. The Hall–Kier alpha value is -2.40. The molecule has 0 aliphatic heterocycles. The van der Waals surface area contributed by atoms with Crippen molar-refractivity contribution in [2.45, 2.75) is 6.61 Å². The summed E-state index contributed by atoms with van der Waals surface area (Å²) in [5.74, 6) is 0.633. The van der Waals surface area contributed by atoms with Gasteiger partial charge in [-0.15, -0.1) is 0 Å². The summed E-state index contributed by atoms with van der Waals surface area (Å²) in [6.45, 7) is -0.191. The molecule has 5 nitrogen and oxygen atoms in total. The van der Waals surface area contributed by atoms with Crippen molar-refractivity contribution in [3.05, 3.63) is 64.2 Å². The molecule has 0 heterocycles. The Morgan fingerprint density at radius 1 is 1.17 bits per heavy atom. The van der Waals surface area contributed by atoms with Crippen LogP contribution in [0.5, 0.6) is 11.5 Å². The number of hydrogen-bond donors (Lipinski definition) is 1. The van der Waals surface area contributed by atoms with Crippen LogP contribution in [0.3, 0.4) is 0 Å². The minimum absolute atomic E-state index is 0.123. The molecule has 0 aromatic heterocycles. The van der Waals surface area contributed by atoms with Gasteiger partial charge >= 0.3 is 5.69 Å². The normalized spacial score (nSPS) is 10.1. The zero-order chi connectivity index (χ0) is 13.0. The Balaban J connectivity index is 2.38. The molecular weight excluding hydrogens is 234 g/mol. The van der Waals surface area contributed by atoms with Crippen molar-refractivity contribution >= 4 is 5.69 Å². The zero-order valence-electron chi connectivity index (χ0n) is 9.45. The largest absolute Gasteiger partial charge is 0.450 e. The fourth-order valence-corrected chi connectivity index (χ4v) is 1.50. The fourth-order valence-electron chi connectivity index (χ4n) is 1.50. The van der Waals surface area contributed by atoms with E-state index < -0.39 is 4.92 Å². The predicted molar refractivity (Wildman–Crippen MR) is 65.5 cm³/mol. The topological polar surface area (TPSA) is 72.6 Å². The van der Waals surface area contributed by atoms with E-state index >= 15 is 0 Å². The highest BCUT2D eigenvalue weighted by Crippen LogP contribution is 2.32. The molecule has 1 N–H and O–H groups in total. The lowest BCUT2D eigenvalue weighted by molar-refractivity contribution is -0.385. The third kappa shape index (κ3) is 2.64. The highest BCUT2D eigenvalue weighted by Gasteiger charge is 2.16. The van der Waals surface area contributed by atoms with E-state index in [2.05, 4.69) is 0 Å². The van der Waals surface area contributed by atoms with Crippen molar-refractivity contribution in [2.24, 2.45) is 0 Å². The minimum atomic E-state index is -0.514. The molecule has 0 radical (unpaired) electrons. The molecule has 0 fully saturated rings. The number of ether oxygens (including phenoxy) is 1. The van der Waals surface area contributed by atoms with Gasteiger partial charge in [-0.05, 0) is 29.8 Å². The van der Waals surface area contributed by atoms with Crippen LogP contribution in [0.15, 0.2) is 48.5 Å². The van der Waals surface area contributed by atoms with E-state index in [9.17, 15) is 10.1 Å². The molecular formula is C13H11NO4. The number of aliphatic hydroxyl groups excluding tert-OH is 1. The van der Waals surface area contributed by atoms with Crippen LogP contribution in [0.4, 0.5) is 5.69 Å². The first kappa shape index (κ1) is 12.1. The maximum atomic E-state index is 10.9. The monoisotopic (exact) mass is 245 g/mol. The second-order valence-electron chi connectivity index (χ2n) is 3.63. The molecule has 0 unspecified atom stereocenters. The van der Waals surface area contributed by atoms with Crippen LogP contribution < -0.4 is 4.74 Å². The molecule has 2 aromatic rings. The average Bonchev–Trinajstić information content (AvgIpc) is 2.39. The molecule has 0 spiro atoms. The average molecular weight is 245 g/mol. The van der Waals surface area contributed by atoms with Gasteiger partial charge in [-0.2, -0.15) is 0 Å². The van der Waals surface area contributed by atoms with Crippen molar-refractivity contribution in [3.63, 3.8) is 0 Å². The standard InChI is InChI=1S/C13H11NO4/c15-9-10-6-7-12(14(16)17)13(8-10)18-11-4-2-1-3-5-11/h1-8,15H,9H2. The molecule has 2 aromatic carbocycles. The maximum Gasteiger partial charge on any atom is 0.311 e. The van der Waals surface area contributed by atoms with Crippen LogP contribution >= 0.6 is 0 Å². The Labute approximate surface area is 103 Å². The Morgan fingerprint density at radius 2 is 1.89 bits per heavy atom. The third-order valence-corrected chi connectivity index (χ3v) is 2.37. The first-order valence-corrected chi connectivity index (χ1v) is 5.32. The molecule has 0 saturated heterocycles. The lowest BCUT2D eigenvalue weighted by Crippen LogP contribution is -1.95. The molecule has 0 saturated carbocycles. The molecule has 92 valence electrons. The van der Waals surface area contributed by atoms with Crippen molar-refractivity contribution in [3.8, 4) is 11.5 Å². The van der Waals surface area contributed by atoms with Crippen LogP contribution in [0.25, 0.3) is 0 Å². The van der Waals surface area contributed by atoms with Crippen molar-refractivity contribution in [1.82, 2.24) is 0 Å². The van der Waals surface area contributed by atoms with Crippen LogP contribution in [0.2, 0.25) is 0 Å². The van der Waals surface area contributed by atoms with E-state index in [1.54, 1.807) is 24.3 Å². The molecule has 5 heteroatoms. The molecule has 18 heavy (non-hydrogen) atoms. The lowest BCUT2D eigenvalue weighted by atomic mass is 10.2. The first-order valence-electron chi connectivity index (χ1n) is 5.32. The maximum absolute atomic E-state index is 10.9. The second kappa shape index (κ2) is 5.29. The summed E-state index contributed by atoms with van der Waals surface area (Å²) in [4.78, 5) is 10.4. The van der Waals surface area contributed by atoms with E-state index in [0.29, 0.717) is 11.3 Å². The van der Waals surface area contributed by atoms with Gasteiger partial charge < -0.3 is 9.84 Å². The van der Waals surface area contributed by atoms with Crippen LogP contribution in [-0.2, 0) is 6.61 Å². The quantitative estimate of drug-likeness (QED) is 0.664. The summed E-state index contributed by atoms with van der Waals surface area (Å²) in [5.41, 5.74) is 0.433.